The molecule has 2 aromatic rings. The van der Waals surface area contributed by atoms with Crippen LogP contribution in [0, 0.1) is 6.92 Å². The summed E-state index contributed by atoms with van der Waals surface area (Å²) in [6.07, 6.45) is 0. The van der Waals surface area contributed by atoms with Crippen LogP contribution in [-0.2, 0) is 14.8 Å². The minimum absolute atomic E-state index is 0.178. The van der Waals surface area contributed by atoms with Crippen molar-refractivity contribution in [1.29, 1.82) is 0 Å². The van der Waals surface area contributed by atoms with Crippen LogP contribution in [0.2, 0.25) is 0 Å². The van der Waals surface area contributed by atoms with Gasteiger partial charge in [-0.05, 0) is 42.8 Å². The van der Waals surface area contributed by atoms with E-state index in [1.54, 1.807) is 55.5 Å². The topological polar surface area (TPSA) is 75.3 Å². The molecule has 0 saturated heterocycles. The molecule has 2 aromatic carbocycles. The average molecular weight is 304 g/mol. The van der Waals surface area contributed by atoms with E-state index in [1.165, 1.54) is 6.92 Å². The van der Waals surface area contributed by atoms with Crippen molar-refractivity contribution >= 4 is 27.3 Å². The van der Waals surface area contributed by atoms with Crippen LogP contribution in [0.1, 0.15) is 12.5 Å². The van der Waals surface area contributed by atoms with E-state index in [0.29, 0.717) is 16.9 Å². The minimum atomic E-state index is -3.62. The molecule has 6 heteroatoms. The van der Waals surface area contributed by atoms with Crippen molar-refractivity contribution in [2.45, 2.75) is 18.7 Å². The maximum absolute atomic E-state index is 12.3. The van der Waals surface area contributed by atoms with Crippen LogP contribution in [0.25, 0.3) is 0 Å². The molecule has 2 rings (SSSR count). The first-order valence-corrected chi connectivity index (χ1v) is 7.83. The molecule has 0 spiro atoms. The number of carbonyl (C=O) groups is 1. The first-order valence-electron chi connectivity index (χ1n) is 6.34. The number of anilines is 2. The number of nitrogens with one attached hydrogen (secondary N) is 2. The average Bonchev–Trinajstić information content (AvgIpc) is 2.40. The third-order valence-corrected chi connectivity index (χ3v) is 4.38. The number of hydrogen-bond donors (Lipinski definition) is 2. The van der Waals surface area contributed by atoms with Gasteiger partial charge < -0.3 is 5.32 Å². The van der Waals surface area contributed by atoms with Gasteiger partial charge in [0.05, 0.1) is 4.90 Å². The normalized spacial score (nSPS) is 11.0. The van der Waals surface area contributed by atoms with E-state index in [9.17, 15) is 13.2 Å². The molecule has 1 amide bonds. The summed E-state index contributed by atoms with van der Waals surface area (Å²) in [7, 11) is -3.62. The minimum Gasteiger partial charge on any atom is -0.326 e. The monoisotopic (exact) mass is 304 g/mol. The van der Waals surface area contributed by atoms with Crippen LogP contribution < -0.4 is 10.0 Å². The number of rotatable bonds is 4. The summed E-state index contributed by atoms with van der Waals surface area (Å²) in [5, 5.41) is 2.62. The zero-order valence-corrected chi connectivity index (χ0v) is 12.6. The maximum Gasteiger partial charge on any atom is 0.262 e. The van der Waals surface area contributed by atoms with Crippen molar-refractivity contribution in [3.8, 4) is 0 Å². The van der Waals surface area contributed by atoms with Gasteiger partial charge in [-0.3, -0.25) is 9.52 Å². The van der Waals surface area contributed by atoms with Crippen molar-refractivity contribution in [3.05, 3.63) is 54.1 Å². The summed E-state index contributed by atoms with van der Waals surface area (Å²) < 4.78 is 27.1. The number of carbonyl (C=O) groups excluding carboxylic acids is 1. The highest BCUT2D eigenvalue weighted by molar-refractivity contribution is 7.92. The molecule has 5 nitrogen and oxygen atoms in total. The van der Waals surface area contributed by atoms with Crippen molar-refractivity contribution < 1.29 is 13.2 Å². The lowest BCUT2D eigenvalue weighted by Gasteiger charge is -2.10. The summed E-state index contributed by atoms with van der Waals surface area (Å²) >= 11 is 0. The Morgan fingerprint density at radius 1 is 0.952 bits per heavy atom. The summed E-state index contributed by atoms with van der Waals surface area (Å²) in [4.78, 5) is 11.2. The van der Waals surface area contributed by atoms with Gasteiger partial charge in [-0.2, -0.15) is 0 Å². The summed E-state index contributed by atoms with van der Waals surface area (Å²) in [5.74, 6) is -0.178. The number of amides is 1. The van der Waals surface area contributed by atoms with Gasteiger partial charge in [0.15, 0.2) is 0 Å². The van der Waals surface area contributed by atoms with Gasteiger partial charge in [0, 0.05) is 18.3 Å². The first kappa shape index (κ1) is 15.1. The fraction of sp³-hybridized carbons (Fsp3) is 0.133. The van der Waals surface area contributed by atoms with E-state index in [0.717, 1.165) is 0 Å². The fourth-order valence-electron chi connectivity index (χ4n) is 1.89. The lowest BCUT2D eigenvalue weighted by molar-refractivity contribution is -0.114. The number of aryl methyl sites for hydroxylation is 1. The van der Waals surface area contributed by atoms with Gasteiger partial charge in [-0.25, -0.2) is 8.42 Å². The molecule has 0 atom stereocenters. The molecule has 0 fully saturated rings. The van der Waals surface area contributed by atoms with Crippen LogP contribution in [0.4, 0.5) is 11.4 Å². The van der Waals surface area contributed by atoms with E-state index >= 15 is 0 Å². The third kappa shape index (κ3) is 3.82. The Balaban J connectivity index is 2.21. The summed E-state index contributed by atoms with van der Waals surface area (Å²) in [5.41, 5.74) is 1.73. The summed E-state index contributed by atoms with van der Waals surface area (Å²) in [6, 6.07) is 13.2. The van der Waals surface area contributed by atoms with Gasteiger partial charge in [-0.15, -0.1) is 0 Å². The number of sulfonamides is 1. The Kier molecular flexibility index (Phi) is 4.28. The van der Waals surface area contributed by atoms with Gasteiger partial charge in [0.1, 0.15) is 0 Å². The van der Waals surface area contributed by atoms with Crippen molar-refractivity contribution in [3.63, 3.8) is 0 Å². The molecule has 0 aliphatic carbocycles. The van der Waals surface area contributed by atoms with Gasteiger partial charge in [0.2, 0.25) is 5.91 Å². The molecule has 0 bridgehead atoms. The van der Waals surface area contributed by atoms with Crippen LogP contribution >= 0.6 is 0 Å². The van der Waals surface area contributed by atoms with Gasteiger partial charge >= 0.3 is 0 Å². The highest BCUT2D eigenvalue weighted by Gasteiger charge is 2.16. The Morgan fingerprint density at radius 3 is 2.10 bits per heavy atom. The Morgan fingerprint density at radius 2 is 1.52 bits per heavy atom. The second-order valence-electron chi connectivity index (χ2n) is 4.63. The molecular weight excluding hydrogens is 288 g/mol. The SMILES string of the molecule is CC(=O)Nc1ccc(NS(=O)(=O)c2ccccc2C)cc1. The molecule has 0 aliphatic heterocycles. The highest BCUT2D eigenvalue weighted by Crippen LogP contribution is 2.20. The Bertz CT molecular complexity index is 753. The van der Waals surface area contributed by atoms with E-state index in [1.807, 2.05) is 0 Å². The third-order valence-electron chi connectivity index (χ3n) is 2.84. The quantitative estimate of drug-likeness (QED) is 0.912. The highest BCUT2D eigenvalue weighted by atomic mass is 32.2. The number of benzene rings is 2. The van der Waals surface area contributed by atoms with Crippen molar-refractivity contribution in [2.24, 2.45) is 0 Å². The van der Waals surface area contributed by atoms with Crippen LogP contribution in [0.15, 0.2) is 53.4 Å². The molecule has 0 heterocycles. The van der Waals surface area contributed by atoms with E-state index in [-0.39, 0.29) is 10.8 Å². The molecule has 2 N–H and O–H groups in total. The molecule has 110 valence electrons. The Hall–Kier alpha value is -2.34. The molecule has 21 heavy (non-hydrogen) atoms. The smallest absolute Gasteiger partial charge is 0.262 e. The molecule has 0 aliphatic rings. The fourth-order valence-corrected chi connectivity index (χ4v) is 3.20. The Labute approximate surface area is 124 Å². The molecule has 0 saturated carbocycles. The predicted molar refractivity (Wildman–Crippen MR) is 82.7 cm³/mol. The van der Waals surface area contributed by atoms with Gasteiger partial charge in [0.25, 0.3) is 10.0 Å². The first-order chi connectivity index (χ1) is 9.88. The summed E-state index contributed by atoms with van der Waals surface area (Å²) in [6.45, 7) is 3.16. The molecule has 0 unspecified atom stereocenters. The maximum atomic E-state index is 12.3. The number of hydrogen-bond acceptors (Lipinski definition) is 3. The van der Waals surface area contributed by atoms with Crippen molar-refractivity contribution in [2.75, 3.05) is 10.0 Å². The zero-order chi connectivity index (χ0) is 15.5. The molecular formula is C15H16N2O3S. The largest absolute Gasteiger partial charge is 0.326 e. The van der Waals surface area contributed by atoms with Crippen molar-refractivity contribution in [1.82, 2.24) is 0 Å². The van der Waals surface area contributed by atoms with Gasteiger partial charge in [-0.1, -0.05) is 18.2 Å². The predicted octanol–water partition coefficient (Wildman–Crippen LogP) is 2.75. The van der Waals surface area contributed by atoms with E-state index < -0.39 is 10.0 Å². The van der Waals surface area contributed by atoms with E-state index in [4.69, 9.17) is 0 Å². The van der Waals surface area contributed by atoms with E-state index in [2.05, 4.69) is 10.0 Å². The molecule has 0 aromatic heterocycles. The van der Waals surface area contributed by atoms with Crippen LogP contribution in [0.5, 0.6) is 0 Å². The second-order valence-corrected chi connectivity index (χ2v) is 6.28. The lowest BCUT2D eigenvalue weighted by Crippen LogP contribution is -2.14. The lowest BCUT2D eigenvalue weighted by atomic mass is 10.2. The van der Waals surface area contributed by atoms with Crippen LogP contribution in [-0.4, -0.2) is 14.3 Å². The standard InChI is InChI=1S/C15H16N2O3S/c1-11-5-3-4-6-15(11)21(19,20)17-14-9-7-13(8-10-14)16-12(2)18/h3-10,17H,1-2H3,(H,16,18). The molecule has 0 radical (unpaired) electrons. The second kappa shape index (κ2) is 5.97. The van der Waals surface area contributed by atoms with Crippen LogP contribution in [0.3, 0.4) is 0 Å². The zero-order valence-electron chi connectivity index (χ0n) is 11.8.